The van der Waals surface area contributed by atoms with Crippen LogP contribution in [0.3, 0.4) is 0 Å². The normalized spacial score (nSPS) is 11.7. The summed E-state index contributed by atoms with van der Waals surface area (Å²) in [6.07, 6.45) is -3.28. The molecule has 13 heteroatoms. The number of furan rings is 1. The predicted molar refractivity (Wildman–Crippen MR) is 139 cm³/mol. The Morgan fingerprint density at radius 1 is 0.923 bits per heavy atom. The van der Waals surface area contributed by atoms with E-state index in [9.17, 15) is 26.4 Å². The lowest BCUT2D eigenvalue weighted by molar-refractivity contribution is -0.137. The highest BCUT2D eigenvalue weighted by Crippen LogP contribution is 2.32. The van der Waals surface area contributed by atoms with Gasteiger partial charge in [0.15, 0.2) is 0 Å². The monoisotopic (exact) mass is 598 g/mol. The molecule has 3 aromatic carbocycles. The molecule has 2 amide bonds. The summed E-state index contributed by atoms with van der Waals surface area (Å²) >= 11 is 12.4. The van der Waals surface area contributed by atoms with E-state index in [-0.39, 0.29) is 34.6 Å². The average molecular weight is 599 g/mol. The second kappa shape index (κ2) is 11.6. The fourth-order valence-corrected chi connectivity index (χ4v) is 4.97. The maximum absolute atomic E-state index is 13.2. The molecule has 0 radical (unpaired) electrons. The van der Waals surface area contributed by atoms with Gasteiger partial charge in [-0.1, -0.05) is 47.5 Å². The lowest BCUT2D eigenvalue weighted by Gasteiger charge is -2.23. The molecule has 204 valence electrons. The van der Waals surface area contributed by atoms with E-state index in [1.54, 1.807) is 36.4 Å². The Kier molecular flexibility index (Phi) is 8.43. The van der Waals surface area contributed by atoms with Crippen LogP contribution in [0.25, 0.3) is 0 Å². The highest BCUT2D eigenvalue weighted by atomic mass is 35.5. The second-order valence-corrected chi connectivity index (χ2v) is 10.5. The fourth-order valence-electron chi connectivity index (χ4n) is 3.51. The van der Waals surface area contributed by atoms with Gasteiger partial charge in [-0.2, -0.15) is 21.6 Å². The molecule has 0 spiro atoms. The van der Waals surface area contributed by atoms with Crippen molar-refractivity contribution in [3.8, 4) is 5.75 Å². The maximum atomic E-state index is 13.2. The van der Waals surface area contributed by atoms with Crippen LogP contribution < -0.4 is 9.50 Å². The van der Waals surface area contributed by atoms with Crippen LogP contribution in [0.4, 0.5) is 23.7 Å². The lowest BCUT2D eigenvalue weighted by atomic mass is 10.2. The molecular weight excluding hydrogens is 580 g/mol. The minimum Gasteiger partial charge on any atom is -0.467 e. The van der Waals surface area contributed by atoms with E-state index in [2.05, 4.69) is 5.32 Å². The van der Waals surface area contributed by atoms with Crippen LogP contribution in [0.15, 0.2) is 94.4 Å². The molecule has 0 saturated heterocycles. The van der Waals surface area contributed by atoms with Crippen molar-refractivity contribution in [2.45, 2.75) is 24.2 Å². The van der Waals surface area contributed by atoms with Crippen LogP contribution in [-0.4, -0.2) is 19.3 Å². The van der Waals surface area contributed by atoms with Crippen molar-refractivity contribution in [3.05, 3.63) is 112 Å². The van der Waals surface area contributed by atoms with Crippen molar-refractivity contribution in [3.63, 3.8) is 0 Å². The van der Waals surface area contributed by atoms with Crippen molar-refractivity contribution < 1.29 is 35.0 Å². The number of benzene rings is 3. The second-order valence-electron chi connectivity index (χ2n) is 8.17. The van der Waals surface area contributed by atoms with Crippen LogP contribution in [-0.2, 0) is 29.4 Å². The Balaban J connectivity index is 1.56. The van der Waals surface area contributed by atoms with Crippen molar-refractivity contribution in [1.29, 1.82) is 0 Å². The van der Waals surface area contributed by atoms with E-state index in [1.165, 1.54) is 29.4 Å². The van der Waals surface area contributed by atoms with Gasteiger partial charge in [0.2, 0.25) is 0 Å². The number of para-hydroxylation sites is 1. The summed E-state index contributed by atoms with van der Waals surface area (Å²) in [5, 5.41) is 3.12. The van der Waals surface area contributed by atoms with Gasteiger partial charge in [0, 0.05) is 6.54 Å². The Morgan fingerprint density at radius 2 is 1.62 bits per heavy atom. The summed E-state index contributed by atoms with van der Waals surface area (Å²) in [6, 6.07) is 16.5. The Hall–Kier alpha value is -3.67. The SMILES string of the molecule is O=C(Nc1c(Cl)cccc1Cl)N(Cc1cccc(OS(=O)(=O)c2cccc(C(F)(F)F)c2)c1)Cc1ccco1. The number of hydrogen-bond acceptors (Lipinski definition) is 5. The van der Waals surface area contributed by atoms with Gasteiger partial charge in [0.1, 0.15) is 16.4 Å². The van der Waals surface area contributed by atoms with Gasteiger partial charge in [-0.3, -0.25) is 0 Å². The van der Waals surface area contributed by atoms with Crippen molar-refractivity contribution in [2.75, 3.05) is 5.32 Å². The number of nitrogens with one attached hydrogen (secondary N) is 1. The summed E-state index contributed by atoms with van der Waals surface area (Å²) in [7, 11) is -4.59. The number of carbonyl (C=O) groups excluding carboxylic acids is 1. The Labute approximate surface area is 231 Å². The number of alkyl halides is 3. The highest BCUT2D eigenvalue weighted by Gasteiger charge is 2.32. The number of rotatable bonds is 8. The summed E-state index contributed by atoms with van der Waals surface area (Å²) in [4.78, 5) is 13.9. The molecule has 1 heterocycles. The third kappa shape index (κ3) is 7.25. The van der Waals surface area contributed by atoms with Crippen molar-refractivity contribution in [1.82, 2.24) is 4.90 Å². The number of carbonyl (C=O) groups is 1. The summed E-state index contributed by atoms with van der Waals surface area (Å²) in [5.74, 6) is 0.312. The largest absolute Gasteiger partial charge is 0.467 e. The van der Waals surface area contributed by atoms with Crippen LogP contribution in [0.5, 0.6) is 5.75 Å². The molecular formula is C26H19Cl2F3N2O5S. The zero-order valence-electron chi connectivity index (χ0n) is 19.8. The number of urea groups is 1. The topological polar surface area (TPSA) is 88.9 Å². The van der Waals surface area contributed by atoms with E-state index in [0.717, 1.165) is 18.2 Å². The lowest BCUT2D eigenvalue weighted by Crippen LogP contribution is -2.34. The fraction of sp³-hybridized carbons (Fsp3) is 0.115. The molecule has 1 N–H and O–H groups in total. The van der Waals surface area contributed by atoms with Crippen molar-refractivity contribution in [2.24, 2.45) is 0 Å². The van der Waals surface area contributed by atoms with Gasteiger partial charge >= 0.3 is 22.3 Å². The molecule has 0 fully saturated rings. The summed E-state index contributed by atoms with van der Waals surface area (Å²) in [5.41, 5.74) is -0.461. The third-order valence-electron chi connectivity index (χ3n) is 5.34. The van der Waals surface area contributed by atoms with Crippen LogP contribution in [0, 0.1) is 0 Å². The van der Waals surface area contributed by atoms with E-state index in [0.29, 0.717) is 17.4 Å². The number of hydrogen-bond donors (Lipinski definition) is 1. The smallest absolute Gasteiger partial charge is 0.416 e. The zero-order chi connectivity index (χ0) is 28.2. The van der Waals surface area contributed by atoms with Gasteiger partial charge < -0.3 is 18.8 Å². The maximum Gasteiger partial charge on any atom is 0.416 e. The zero-order valence-corrected chi connectivity index (χ0v) is 22.1. The molecule has 0 unspecified atom stereocenters. The molecule has 0 aliphatic heterocycles. The average Bonchev–Trinajstić information content (AvgIpc) is 3.39. The number of nitrogens with zero attached hydrogens (tertiary/aromatic N) is 1. The molecule has 0 bridgehead atoms. The van der Waals surface area contributed by atoms with E-state index in [4.69, 9.17) is 31.8 Å². The molecule has 0 aliphatic rings. The standard InChI is InChI=1S/C26H19Cl2F3N2O5S/c27-22-10-3-11-23(28)24(22)32-25(34)33(16-20-8-4-12-37-20)15-17-5-1-7-19(13-17)38-39(35,36)21-9-2-6-18(14-21)26(29,30)31/h1-14H,15-16H2,(H,32,34). The van der Waals surface area contributed by atoms with E-state index < -0.39 is 32.8 Å². The van der Waals surface area contributed by atoms with E-state index in [1.807, 2.05) is 0 Å². The summed E-state index contributed by atoms with van der Waals surface area (Å²) in [6.45, 7) is 0.00390. The first kappa shape index (κ1) is 28.3. The van der Waals surface area contributed by atoms with E-state index >= 15 is 0 Å². The first-order chi connectivity index (χ1) is 18.4. The Bertz CT molecular complexity index is 1560. The first-order valence-corrected chi connectivity index (χ1v) is 13.3. The van der Waals surface area contributed by atoms with Crippen LogP contribution in [0.1, 0.15) is 16.9 Å². The van der Waals surface area contributed by atoms with Crippen molar-refractivity contribution >= 4 is 45.0 Å². The predicted octanol–water partition coefficient (Wildman–Crippen LogP) is 7.61. The molecule has 1 aromatic heterocycles. The Morgan fingerprint density at radius 3 is 2.28 bits per heavy atom. The molecule has 4 aromatic rings. The van der Waals surface area contributed by atoms with Crippen LogP contribution in [0.2, 0.25) is 10.0 Å². The molecule has 0 aliphatic carbocycles. The molecule has 7 nitrogen and oxygen atoms in total. The van der Waals surface area contributed by atoms with Gasteiger partial charge in [-0.15, -0.1) is 0 Å². The third-order valence-corrected chi connectivity index (χ3v) is 7.21. The molecule has 0 atom stereocenters. The number of halogens is 5. The van der Waals surface area contributed by atoms with Gasteiger partial charge in [-0.25, -0.2) is 4.79 Å². The molecule has 0 saturated carbocycles. The van der Waals surface area contributed by atoms with Gasteiger partial charge in [0.25, 0.3) is 0 Å². The van der Waals surface area contributed by atoms with Gasteiger partial charge in [0.05, 0.1) is 34.1 Å². The number of anilines is 1. The summed E-state index contributed by atoms with van der Waals surface area (Å²) < 4.78 is 75.0. The first-order valence-electron chi connectivity index (χ1n) is 11.2. The number of amides is 2. The minimum absolute atomic E-state index is 0.0323. The molecule has 4 rings (SSSR count). The quantitative estimate of drug-likeness (QED) is 0.211. The van der Waals surface area contributed by atoms with Crippen LogP contribution >= 0.6 is 23.2 Å². The molecule has 39 heavy (non-hydrogen) atoms. The van der Waals surface area contributed by atoms with Gasteiger partial charge in [-0.05, 0) is 60.2 Å². The highest BCUT2D eigenvalue weighted by molar-refractivity contribution is 7.87. The minimum atomic E-state index is -4.72.